The largest absolute Gasteiger partial charge is 0.496 e. The Kier molecular flexibility index (Phi) is 11.0. The molecule has 0 bridgehead atoms. The predicted molar refractivity (Wildman–Crippen MR) is 234 cm³/mol. The number of carboxylic acid groups (broad SMARTS) is 1. The van der Waals surface area contributed by atoms with Crippen molar-refractivity contribution in [1.29, 1.82) is 0 Å². The minimum Gasteiger partial charge on any atom is -0.496 e. The number of unbranched alkanes of at least 4 members (excludes halogenated alkanes) is 1. The van der Waals surface area contributed by atoms with Gasteiger partial charge in [0.15, 0.2) is 11.5 Å². The standard InChI is InChI=1S/C49H46N4O8/c1-58-44-24-38-40(50-27-35-21-32-11-3-5-14-42(32)52(35)48(38)56)23-34(44)13-9-10-30-18-31(20-37(19-30)60-17-8-7-16-47(54)55)29-61-46-26-41-39(25-45(46)59-2)49(57)53-36(28-51-41)22-33-12-4-6-15-43(33)53/h3-6,11-12,14-15,18-20,23-28,35-36H,7-10,13,16-17,21-22,29H2,1-2H3,(H,54,55)/t35-,36-/m0/s1. The van der Waals surface area contributed by atoms with Crippen molar-refractivity contribution in [2.24, 2.45) is 9.98 Å². The van der Waals surface area contributed by atoms with Gasteiger partial charge in [-0.25, -0.2) is 0 Å². The van der Waals surface area contributed by atoms with Crippen LogP contribution in [0.4, 0.5) is 22.7 Å². The molecule has 0 aromatic heterocycles. The number of carbonyl (C=O) groups excluding carboxylic acids is 2. The molecule has 0 radical (unpaired) electrons. The lowest BCUT2D eigenvalue weighted by Crippen LogP contribution is -2.37. The lowest BCUT2D eigenvalue weighted by molar-refractivity contribution is -0.137. The highest BCUT2D eigenvalue weighted by Gasteiger charge is 2.38. The van der Waals surface area contributed by atoms with Crippen molar-refractivity contribution in [3.63, 3.8) is 0 Å². The summed E-state index contributed by atoms with van der Waals surface area (Å²) in [6, 6.07) is 28.9. The van der Waals surface area contributed by atoms with Crippen LogP contribution in [0.15, 0.2) is 101 Å². The van der Waals surface area contributed by atoms with Gasteiger partial charge in [-0.1, -0.05) is 42.5 Å². The SMILES string of the molecule is COc1cc2c(cc1CCCc1cc(COc3cc4c(cc3OC)C(=O)N3c5ccccc5C[C@H]3C=N4)cc(OCCCCC(=O)O)c1)N=C[C@@H]1Cc3ccccc3N1C2=O. The van der Waals surface area contributed by atoms with E-state index in [2.05, 4.69) is 12.1 Å². The van der Waals surface area contributed by atoms with E-state index in [1.165, 1.54) is 0 Å². The van der Waals surface area contributed by atoms with Crippen molar-refractivity contribution < 1.29 is 38.4 Å². The highest BCUT2D eigenvalue weighted by Crippen LogP contribution is 2.42. The summed E-state index contributed by atoms with van der Waals surface area (Å²) in [6.07, 6.45) is 8.51. The summed E-state index contributed by atoms with van der Waals surface area (Å²) in [4.78, 5) is 52.1. The van der Waals surface area contributed by atoms with Crippen LogP contribution in [-0.2, 0) is 37.1 Å². The number of hydrogen-bond acceptors (Lipinski definition) is 9. The zero-order valence-corrected chi connectivity index (χ0v) is 34.1. The van der Waals surface area contributed by atoms with E-state index >= 15 is 0 Å². The van der Waals surface area contributed by atoms with E-state index in [1.54, 1.807) is 31.3 Å². The molecule has 1 N–H and O–H groups in total. The molecule has 2 atom stereocenters. The summed E-state index contributed by atoms with van der Waals surface area (Å²) in [5.41, 5.74) is 9.04. The van der Waals surface area contributed by atoms with Gasteiger partial charge in [-0.2, -0.15) is 0 Å². The van der Waals surface area contributed by atoms with Crippen LogP contribution in [0.1, 0.15) is 74.2 Å². The Balaban J connectivity index is 0.922. The molecule has 310 valence electrons. The molecule has 0 saturated carbocycles. The quantitative estimate of drug-likeness (QED) is 0.104. The number of para-hydroxylation sites is 2. The van der Waals surface area contributed by atoms with E-state index in [0.29, 0.717) is 84.2 Å². The second-order valence-electron chi connectivity index (χ2n) is 15.7. The molecule has 4 aliphatic rings. The van der Waals surface area contributed by atoms with Crippen molar-refractivity contribution in [1.82, 2.24) is 0 Å². The molecule has 12 nitrogen and oxygen atoms in total. The number of benzene rings is 5. The molecule has 0 fully saturated rings. The average Bonchev–Trinajstić information content (AvgIpc) is 3.76. The van der Waals surface area contributed by atoms with Crippen LogP contribution in [0.5, 0.6) is 23.0 Å². The third kappa shape index (κ3) is 7.93. The predicted octanol–water partition coefficient (Wildman–Crippen LogP) is 8.67. The maximum absolute atomic E-state index is 13.9. The molecule has 0 saturated heterocycles. The van der Waals surface area contributed by atoms with E-state index in [1.807, 2.05) is 84.1 Å². The second kappa shape index (κ2) is 17.0. The van der Waals surface area contributed by atoms with E-state index in [4.69, 9.17) is 34.0 Å². The monoisotopic (exact) mass is 818 g/mol. The van der Waals surface area contributed by atoms with Crippen molar-refractivity contribution in [2.45, 2.75) is 70.1 Å². The van der Waals surface area contributed by atoms with Gasteiger partial charge in [0.25, 0.3) is 11.8 Å². The van der Waals surface area contributed by atoms with Gasteiger partial charge < -0.3 is 24.1 Å². The van der Waals surface area contributed by atoms with Crippen molar-refractivity contribution in [2.75, 3.05) is 30.6 Å². The molecule has 5 aromatic carbocycles. The molecule has 0 aliphatic carbocycles. The lowest BCUT2D eigenvalue weighted by atomic mass is 9.99. The van der Waals surface area contributed by atoms with Crippen molar-refractivity contribution in [3.05, 3.63) is 130 Å². The van der Waals surface area contributed by atoms with Crippen LogP contribution in [0.25, 0.3) is 0 Å². The molecule has 4 aliphatic heterocycles. The van der Waals surface area contributed by atoms with Crippen LogP contribution >= 0.6 is 0 Å². The Morgan fingerprint density at radius 2 is 1.28 bits per heavy atom. The fraction of sp³-hybridized carbons (Fsp3) is 0.286. The number of rotatable bonds is 15. The Morgan fingerprint density at radius 3 is 1.92 bits per heavy atom. The fourth-order valence-corrected chi connectivity index (χ4v) is 8.81. The van der Waals surface area contributed by atoms with Gasteiger partial charge in [-0.3, -0.25) is 34.2 Å². The number of anilines is 2. The van der Waals surface area contributed by atoms with E-state index in [9.17, 15) is 14.4 Å². The molecule has 12 heteroatoms. The summed E-state index contributed by atoms with van der Waals surface area (Å²) in [5, 5.41) is 9.08. The zero-order chi connectivity index (χ0) is 42.0. The van der Waals surface area contributed by atoms with Crippen molar-refractivity contribution in [3.8, 4) is 23.0 Å². The molecule has 0 unspecified atom stereocenters. The molecule has 61 heavy (non-hydrogen) atoms. The number of aliphatic carboxylic acids is 1. The van der Waals surface area contributed by atoms with E-state index < -0.39 is 5.97 Å². The summed E-state index contributed by atoms with van der Waals surface area (Å²) in [6.45, 7) is 0.560. The van der Waals surface area contributed by atoms with Crippen LogP contribution in [0.3, 0.4) is 0 Å². The van der Waals surface area contributed by atoms with Gasteiger partial charge in [-0.15, -0.1) is 0 Å². The Hall–Kier alpha value is -6.95. The van der Waals surface area contributed by atoms with Crippen LogP contribution < -0.4 is 28.7 Å². The molecule has 9 rings (SSSR count). The summed E-state index contributed by atoms with van der Waals surface area (Å²) in [5.74, 6) is 1.13. The zero-order valence-electron chi connectivity index (χ0n) is 34.1. The molecule has 2 amide bonds. The molecule has 5 aromatic rings. The number of ether oxygens (including phenoxy) is 4. The number of carboxylic acids is 1. The second-order valence-corrected chi connectivity index (χ2v) is 15.7. The minimum absolute atomic E-state index is 0.0852. The summed E-state index contributed by atoms with van der Waals surface area (Å²) in [7, 11) is 3.17. The van der Waals surface area contributed by atoms with Crippen LogP contribution in [-0.4, -0.2) is 68.2 Å². The number of hydrogen-bond donors (Lipinski definition) is 1. The Bertz CT molecular complexity index is 2600. The summed E-state index contributed by atoms with van der Waals surface area (Å²) < 4.78 is 24.2. The maximum Gasteiger partial charge on any atom is 0.303 e. The Labute approximate surface area is 354 Å². The first-order valence-electron chi connectivity index (χ1n) is 20.7. The van der Waals surface area contributed by atoms with Crippen molar-refractivity contribution >= 4 is 53.0 Å². The number of carbonyl (C=O) groups is 3. The maximum atomic E-state index is 13.9. The molecule has 4 heterocycles. The first kappa shape index (κ1) is 39.5. The fourth-order valence-electron chi connectivity index (χ4n) is 8.81. The van der Waals surface area contributed by atoms with E-state index in [0.717, 1.165) is 52.0 Å². The van der Waals surface area contributed by atoms with Gasteiger partial charge in [0.05, 0.1) is 55.4 Å². The topological polar surface area (TPSA) is 140 Å². The van der Waals surface area contributed by atoms with E-state index in [-0.39, 0.29) is 36.9 Å². The highest BCUT2D eigenvalue weighted by atomic mass is 16.5. The number of nitrogens with zero attached hydrogens (tertiary/aromatic N) is 4. The van der Waals surface area contributed by atoms with Gasteiger partial charge in [0.2, 0.25) is 0 Å². The van der Waals surface area contributed by atoms with Gasteiger partial charge >= 0.3 is 5.97 Å². The molecular formula is C49H46N4O8. The first-order chi connectivity index (χ1) is 29.8. The minimum atomic E-state index is -0.828. The number of amides is 2. The van der Waals surface area contributed by atoms with Crippen LogP contribution in [0, 0.1) is 0 Å². The normalized spacial score (nSPS) is 16.8. The van der Waals surface area contributed by atoms with Crippen LogP contribution in [0.2, 0.25) is 0 Å². The third-order valence-electron chi connectivity index (χ3n) is 11.8. The number of methoxy groups -OCH3 is 2. The number of aryl methyl sites for hydroxylation is 2. The first-order valence-corrected chi connectivity index (χ1v) is 20.7. The third-order valence-corrected chi connectivity index (χ3v) is 11.8. The molecule has 0 spiro atoms. The smallest absolute Gasteiger partial charge is 0.303 e. The average molecular weight is 819 g/mol. The number of aliphatic imine (C=N–C) groups is 2. The van der Waals surface area contributed by atoms with Gasteiger partial charge in [0, 0.05) is 49.1 Å². The van der Waals surface area contributed by atoms with Gasteiger partial charge in [0.1, 0.15) is 18.1 Å². The lowest BCUT2D eigenvalue weighted by Gasteiger charge is -2.22. The highest BCUT2D eigenvalue weighted by molar-refractivity contribution is 6.15. The van der Waals surface area contributed by atoms with Gasteiger partial charge in [-0.05, 0) is 102 Å². The Morgan fingerprint density at radius 1 is 0.672 bits per heavy atom. The number of fused-ring (bicyclic) bond motifs is 8. The molecular weight excluding hydrogens is 773 g/mol. The summed E-state index contributed by atoms with van der Waals surface area (Å²) >= 11 is 0.